The number of aryl methyl sites for hydroxylation is 2. The first-order valence-electron chi connectivity index (χ1n) is 10.9. The fraction of sp³-hybridized carbons (Fsp3) is 0.269. The number of carbonyl (C=O) groups excluding carboxylic acids is 1. The third-order valence-corrected chi connectivity index (χ3v) is 7.24. The highest BCUT2D eigenvalue weighted by Gasteiger charge is 2.29. The van der Waals surface area contributed by atoms with E-state index >= 15 is 0 Å². The van der Waals surface area contributed by atoms with Gasteiger partial charge in [0.25, 0.3) is 10.0 Å². The average molecular weight is 501 g/mol. The van der Waals surface area contributed by atoms with Gasteiger partial charge in [-0.1, -0.05) is 18.2 Å². The summed E-state index contributed by atoms with van der Waals surface area (Å²) in [5, 5.41) is 2.80. The molecular weight excluding hydrogens is 471 g/mol. The molecule has 0 fully saturated rings. The van der Waals surface area contributed by atoms with Crippen molar-refractivity contribution in [1.82, 2.24) is 5.32 Å². The number of hydrogen-bond donors (Lipinski definition) is 1. The summed E-state index contributed by atoms with van der Waals surface area (Å²) in [4.78, 5) is 13.0. The summed E-state index contributed by atoms with van der Waals surface area (Å²) in [5.41, 5.74) is 2.77. The molecule has 0 aromatic heterocycles. The molecule has 35 heavy (non-hydrogen) atoms. The van der Waals surface area contributed by atoms with Gasteiger partial charge < -0.3 is 14.8 Å². The lowest BCUT2D eigenvalue weighted by Crippen LogP contribution is -2.41. The standard InChI is InChI=1S/C26H29FN2O5S/c1-17-12-18(2)14-22(13-17)29(16-26(30)28-19(3)20-6-8-21(27)9-7-20)35(31,32)23-10-11-24(33-4)25(15-23)34-5/h6-15,19H,16H2,1-5H3,(H,28,30)/t19-/m0/s1. The molecule has 1 atom stereocenters. The molecule has 0 bridgehead atoms. The van der Waals surface area contributed by atoms with Crippen LogP contribution in [0.1, 0.15) is 29.7 Å². The van der Waals surface area contributed by atoms with Crippen molar-refractivity contribution >= 4 is 21.6 Å². The van der Waals surface area contributed by atoms with Gasteiger partial charge in [-0.3, -0.25) is 9.10 Å². The number of methoxy groups -OCH3 is 2. The Labute approximate surface area is 205 Å². The van der Waals surface area contributed by atoms with Crippen molar-refractivity contribution in [3.8, 4) is 11.5 Å². The molecule has 0 radical (unpaired) electrons. The van der Waals surface area contributed by atoms with E-state index in [2.05, 4.69) is 5.32 Å². The van der Waals surface area contributed by atoms with Crippen molar-refractivity contribution in [3.63, 3.8) is 0 Å². The van der Waals surface area contributed by atoms with E-state index in [4.69, 9.17) is 9.47 Å². The molecule has 1 N–H and O–H groups in total. The van der Waals surface area contributed by atoms with Gasteiger partial charge in [-0.05, 0) is 73.9 Å². The number of hydrogen-bond acceptors (Lipinski definition) is 5. The first-order chi connectivity index (χ1) is 16.5. The Bertz CT molecular complexity index is 1290. The van der Waals surface area contributed by atoms with Crippen LogP contribution in [0.5, 0.6) is 11.5 Å². The van der Waals surface area contributed by atoms with Crippen LogP contribution in [0, 0.1) is 19.7 Å². The molecule has 1 amide bonds. The highest BCUT2D eigenvalue weighted by molar-refractivity contribution is 7.92. The Morgan fingerprint density at radius 2 is 1.54 bits per heavy atom. The molecule has 0 spiro atoms. The van der Waals surface area contributed by atoms with Crippen molar-refractivity contribution in [3.05, 3.63) is 83.2 Å². The Kier molecular flexibility index (Phi) is 8.01. The normalized spacial score (nSPS) is 12.1. The van der Waals surface area contributed by atoms with Crippen LogP contribution >= 0.6 is 0 Å². The van der Waals surface area contributed by atoms with Gasteiger partial charge in [0, 0.05) is 6.07 Å². The van der Waals surface area contributed by atoms with E-state index in [-0.39, 0.29) is 16.5 Å². The number of ether oxygens (including phenoxy) is 2. The predicted molar refractivity (Wildman–Crippen MR) is 133 cm³/mol. The number of nitrogens with one attached hydrogen (secondary N) is 1. The number of sulfonamides is 1. The van der Waals surface area contributed by atoms with Crippen LogP contribution in [0.4, 0.5) is 10.1 Å². The molecule has 0 unspecified atom stereocenters. The van der Waals surface area contributed by atoms with Gasteiger partial charge in [0.2, 0.25) is 5.91 Å². The molecule has 0 aliphatic rings. The van der Waals surface area contributed by atoms with Crippen LogP contribution in [-0.2, 0) is 14.8 Å². The summed E-state index contributed by atoms with van der Waals surface area (Å²) in [5.74, 6) is -0.252. The van der Waals surface area contributed by atoms with Gasteiger partial charge >= 0.3 is 0 Å². The van der Waals surface area contributed by atoms with E-state index in [1.54, 1.807) is 31.2 Å². The maximum absolute atomic E-state index is 13.8. The second-order valence-electron chi connectivity index (χ2n) is 8.22. The van der Waals surface area contributed by atoms with Crippen LogP contribution in [-0.4, -0.2) is 35.1 Å². The average Bonchev–Trinajstić information content (AvgIpc) is 2.81. The first-order valence-corrected chi connectivity index (χ1v) is 12.4. The van der Waals surface area contributed by atoms with Gasteiger partial charge in [0.15, 0.2) is 11.5 Å². The minimum Gasteiger partial charge on any atom is -0.493 e. The topological polar surface area (TPSA) is 84.9 Å². The minimum atomic E-state index is -4.16. The summed E-state index contributed by atoms with van der Waals surface area (Å²) in [6, 6.07) is 14.9. The summed E-state index contributed by atoms with van der Waals surface area (Å²) >= 11 is 0. The molecule has 0 heterocycles. The lowest BCUT2D eigenvalue weighted by molar-refractivity contribution is -0.120. The summed E-state index contributed by atoms with van der Waals surface area (Å²) < 4.78 is 52.3. The van der Waals surface area contributed by atoms with Crippen LogP contribution in [0.25, 0.3) is 0 Å². The smallest absolute Gasteiger partial charge is 0.264 e. The van der Waals surface area contributed by atoms with Crippen molar-refractivity contribution in [1.29, 1.82) is 0 Å². The number of rotatable bonds is 9. The first kappa shape index (κ1) is 26.0. The second-order valence-corrected chi connectivity index (χ2v) is 10.1. The van der Waals surface area contributed by atoms with Crippen molar-refractivity contribution in [2.45, 2.75) is 31.7 Å². The van der Waals surface area contributed by atoms with Gasteiger partial charge in [-0.2, -0.15) is 0 Å². The van der Waals surface area contributed by atoms with E-state index in [0.29, 0.717) is 17.0 Å². The third-order valence-electron chi connectivity index (χ3n) is 5.47. The number of halogens is 1. The van der Waals surface area contributed by atoms with E-state index in [1.807, 2.05) is 19.9 Å². The predicted octanol–water partition coefficient (Wildman–Crippen LogP) is 4.53. The zero-order valence-corrected chi connectivity index (χ0v) is 21.1. The van der Waals surface area contributed by atoms with Crippen LogP contribution in [0.3, 0.4) is 0 Å². The van der Waals surface area contributed by atoms with Gasteiger partial charge in [0.1, 0.15) is 12.4 Å². The Morgan fingerprint density at radius 1 is 0.943 bits per heavy atom. The van der Waals surface area contributed by atoms with Crippen molar-refractivity contribution < 1.29 is 27.1 Å². The number of carbonyl (C=O) groups is 1. The lowest BCUT2D eigenvalue weighted by atomic mass is 10.1. The minimum absolute atomic E-state index is 0.0475. The fourth-order valence-electron chi connectivity index (χ4n) is 3.77. The number of amides is 1. The molecular formula is C26H29FN2O5S. The molecule has 3 aromatic carbocycles. The van der Waals surface area contributed by atoms with E-state index in [9.17, 15) is 17.6 Å². The molecule has 7 nitrogen and oxygen atoms in total. The van der Waals surface area contributed by atoms with E-state index < -0.39 is 28.5 Å². The molecule has 9 heteroatoms. The molecule has 0 saturated carbocycles. The SMILES string of the molecule is COc1ccc(S(=O)(=O)N(CC(=O)N[C@@H](C)c2ccc(F)cc2)c2cc(C)cc(C)c2)cc1OC. The van der Waals surface area contributed by atoms with Crippen molar-refractivity contribution in [2.75, 3.05) is 25.1 Å². The Balaban J connectivity index is 1.98. The molecule has 0 aliphatic carbocycles. The zero-order chi connectivity index (χ0) is 25.8. The van der Waals surface area contributed by atoms with Gasteiger partial charge in [-0.25, -0.2) is 12.8 Å². The van der Waals surface area contributed by atoms with Crippen molar-refractivity contribution in [2.24, 2.45) is 0 Å². The molecule has 0 aliphatic heterocycles. The molecule has 3 aromatic rings. The fourth-order valence-corrected chi connectivity index (χ4v) is 5.19. The molecule has 0 saturated heterocycles. The quantitative estimate of drug-likeness (QED) is 0.467. The van der Waals surface area contributed by atoms with Crippen LogP contribution < -0.4 is 19.1 Å². The summed E-state index contributed by atoms with van der Waals surface area (Å²) in [6.07, 6.45) is 0. The Hall–Kier alpha value is -3.59. The van der Waals surface area contributed by atoms with Crippen LogP contribution in [0.15, 0.2) is 65.6 Å². The van der Waals surface area contributed by atoms with Gasteiger partial charge in [-0.15, -0.1) is 0 Å². The highest BCUT2D eigenvalue weighted by Crippen LogP contribution is 2.32. The maximum Gasteiger partial charge on any atom is 0.264 e. The number of benzene rings is 3. The molecule has 186 valence electrons. The van der Waals surface area contributed by atoms with E-state index in [0.717, 1.165) is 15.4 Å². The highest BCUT2D eigenvalue weighted by atomic mass is 32.2. The zero-order valence-electron chi connectivity index (χ0n) is 20.3. The summed E-state index contributed by atoms with van der Waals surface area (Å²) in [7, 11) is -1.28. The van der Waals surface area contributed by atoms with Gasteiger partial charge in [0.05, 0.1) is 30.8 Å². The maximum atomic E-state index is 13.8. The Morgan fingerprint density at radius 3 is 2.11 bits per heavy atom. The monoisotopic (exact) mass is 500 g/mol. The van der Waals surface area contributed by atoms with E-state index in [1.165, 1.54) is 44.6 Å². The second kappa shape index (κ2) is 10.8. The largest absolute Gasteiger partial charge is 0.493 e. The number of anilines is 1. The molecule has 3 rings (SSSR count). The number of nitrogens with zero attached hydrogens (tertiary/aromatic N) is 1. The third kappa shape index (κ3) is 6.10. The summed E-state index contributed by atoms with van der Waals surface area (Å²) in [6.45, 7) is 5.00. The lowest BCUT2D eigenvalue weighted by Gasteiger charge is -2.26. The van der Waals surface area contributed by atoms with Crippen LogP contribution in [0.2, 0.25) is 0 Å².